The fraction of sp³-hybridized carbons (Fsp3) is 0.250. The van der Waals surface area contributed by atoms with Gasteiger partial charge in [-0.3, -0.25) is 0 Å². The molecule has 1 heterocycles. The maximum absolute atomic E-state index is 5.14. The number of aromatic nitrogens is 2. The highest BCUT2D eigenvalue weighted by molar-refractivity contribution is 5.59. The van der Waals surface area contributed by atoms with E-state index in [0.29, 0.717) is 0 Å². The van der Waals surface area contributed by atoms with Crippen LogP contribution < -0.4 is 0 Å². The summed E-state index contributed by atoms with van der Waals surface area (Å²) in [5.41, 5.74) is 5.63. The summed E-state index contributed by atoms with van der Waals surface area (Å²) in [5, 5.41) is 0. The maximum Gasteiger partial charge on any atom is 0.103 e. The molecule has 1 aromatic heterocycles. The Morgan fingerprint density at radius 3 is 1.43 bits per heavy atom. The second-order valence-corrected chi connectivity index (χ2v) is 9.23. The van der Waals surface area contributed by atoms with Crippen molar-refractivity contribution in [2.45, 2.75) is 39.5 Å². The second kappa shape index (κ2) is 7.95. The van der Waals surface area contributed by atoms with Crippen LogP contribution in [0.3, 0.4) is 0 Å². The van der Waals surface area contributed by atoms with Crippen LogP contribution in [0.5, 0.6) is 0 Å². The number of rotatable bonds is 5. The number of imidazole rings is 1. The van der Waals surface area contributed by atoms with Gasteiger partial charge in [0, 0.05) is 5.69 Å². The van der Waals surface area contributed by atoms with Crippen LogP contribution in [0.4, 0.5) is 0 Å². The third-order valence-corrected chi connectivity index (χ3v) is 5.58. The molecule has 0 aliphatic rings. The molecule has 0 spiro atoms. The van der Waals surface area contributed by atoms with Gasteiger partial charge in [-0.05, 0) is 35.4 Å². The first-order valence-corrected chi connectivity index (χ1v) is 10.6. The molecule has 1 N–H and O–H groups in total. The Labute approximate surface area is 180 Å². The van der Waals surface area contributed by atoms with Crippen molar-refractivity contribution in [1.29, 1.82) is 0 Å². The first kappa shape index (κ1) is 20.2. The number of hydrogen-bond donors (Lipinski definition) is 1. The van der Waals surface area contributed by atoms with Crippen LogP contribution in [0.25, 0.3) is 0 Å². The van der Waals surface area contributed by atoms with Crippen LogP contribution in [0, 0.1) is 12.3 Å². The van der Waals surface area contributed by atoms with E-state index < -0.39 is 5.41 Å². The van der Waals surface area contributed by atoms with Gasteiger partial charge < -0.3 is 4.98 Å². The number of hydrogen-bond acceptors (Lipinski definition) is 1. The molecule has 0 saturated heterocycles. The van der Waals surface area contributed by atoms with Gasteiger partial charge in [-0.1, -0.05) is 112 Å². The van der Waals surface area contributed by atoms with Crippen molar-refractivity contribution in [2.75, 3.05) is 0 Å². The van der Waals surface area contributed by atoms with E-state index in [2.05, 4.69) is 124 Å². The number of nitrogens with one attached hydrogen (secondary N) is 1. The van der Waals surface area contributed by atoms with Gasteiger partial charge in [-0.2, -0.15) is 0 Å². The van der Waals surface area contributed by atoms with E-state index in [4.69, 9.17) is 4.98 Å². The molecule has 0 saturated carbocycles. The molecule has 3 aromatic carbocycles. The van der Waals surface area contributed by atoms with Crippen LogP contribution in [0.1, 0.15) is 54.7 Å². The molecule has 2 nitrogen and oxygen atoms in total. The molecule has 0 atom stereocenters. The molecule has 0 amide bonds. The lowest BCUT2D eigenvalue weighted by Crippen LogP contribution is -2.33. The summed E-state index contributed by atoms with van der Waals surface area (Å²) in [6.07, 6.45) is 0.928. The highest BCUT2D eigenvalue weighted by atomic mass is 14.9. The molecule has 4 aromatic rings. The Bertz CT molecular complexity index is 991. The molecule has 0 bridgehead atoms. The molecule has 0 aliphatic carbocycles. The van der Waals surface area contributed by atoms with Crippen LogP contribution in [0.2, 0.25) is 0 Å². The van der Waals surface area contributed by atoms with Crippen molar-refractivity contribution in [1.82, 2.24) is 9.97 Å². The van der Waals surface area contributed by atoms with E-state index in [9.17, 15) is 0 Å². The first-order chi connectivity index (χ1) is 14.4. The average Bonchev–Trinajstić information content (AvgIpc) is 3.09. The normalized spacial score (nSPS) is 12.1. The van der Waals surface area contributed by atoms with E-state index in [1.807, 2.05) is 0 Å². The van der Waals surface area contributed by atoms with E-state index in [-0.39, 0.29) is 5.41 Å². The molecule has 0 radical (unpaired) electrons. The van der Waals surface area contributed by atoms with Crippen LogP contribution in [-0.2, 0) is 11.8 Å². The monoisotopic (exact) mass is 394 g/mol. The quantitative estimate of drug-likeness (QED) is 0.375. The van der Waals surface area contributed by atoms with Crippen molar-refractivity contribution < 1.29 is 0 Å². The van der Waals surface area contributed by atoms with E-state index in [0.717, 1.165) is 17.9 Å². The summed E-state index contributed by atoms with van der Waals surface area (Å²) in [7, 11) is 0. The minimum atomic E-state index is -0.491. The third-order valence-electron chi connectivity index (χ3n) is 5.58. The summed E-state index contributed by atoms with van der Waals surface area (Å²) < 4.78 is 0. The zero-order valence-corrected chi connectivity index (χ0v) is 18.3. The molecular formula is C28H30N2. The van der Waals surface area contributed by atoms with Crippen molar-refractivity contribution in [3.63, 3.8) is 0 Å². The van der Waals surface area contributed by atoms with Gasteiger partial charge in [0.1, 0.15) is 5.82 Å². The number of benzene rings is 3. The minimum Gasteiger partial charge on any atom is -0.346 e. The van der Waals surface area contributed by atoms with Gasteiger partial charge in [0.05, 0.1) is 11.1 Å². The van der Waals surface area contributed by atoms with E-state index in [1.54, 1.807) is 0 Å². The summed E-state index contributed by atoms with van der Waals surface area (Å²) in [6, 6.07) is 32.3. The maximum atomic E-state index is 5.14. The number of H-pyrrole nitrogens is 1. The Morgan fingerprint density at radius 1 is 0.667 bits per heavy atom. The molecule has 152 valence electrons. The van der Waals surface area contributed by atoms with Gasteiger partial charge in [0.25, 0.3) is 0 Å². The van der Waals surface area contributed by atoms with Crippen molar-refractivity contribution >= 4 is 0 Å². The highest BCUT2D eigenvalue weighted by Crippen LogP contribution is 2.46. The lowest BCUT2D eigenvalue weighted by atomic mass is 9.66. The Morgan fingerprint density at radius 2 is 1.07 bits per heavy atom. The third kappa shape index (κ3) is 3.70. The van der Waals surface area contributed by atoms with Gasteiger partial charge >= 0.3 is 0 Å². The molecule has 30 heavy (non-hydrogen) atoms. The molecular weight excluding hydrogens is 364 g/mol. The predicted molar refractivity (Wildman–Crippen MR) is 125 cm³/mol. The lowest BCUT2D eigenvalue weighted by molar-refractivity contribution is 0.403. The summed E-state index contributed by atoms with van der Waals surface area (Å²) in [6.45, 7) is 8.90. The highest BCUT2D eigenvalue weighted by Gasteiger charge is 2.42. The summed E-state index contributed by atoms with van der Waals surface area (Å²) in [5.74, 6) is 0.955. The van der Waals surface area contributed by atoms with Gasteiger partial charge in [-0.25, -0.2) is 4.98 Å². The fourth-order valence-electron chi connectivity index (χ4n) is 4.48. The first-order valence-electron chi connectivity index (χ1n) is 10.6. The topological polar surface area (TPSA) is 28.7 Å². The molecule has 0 unspecified atom stereocenters. The summed E-state index contributed by atoms with van der Waals surface area (Å²) >= 11 is 0. The second-order valence-electron chi connectivity index (χ2n) is 9.23. The van der Waals surface area contributed by atoms with Crippen LogP contribution in [-0.4, -0.2) is 9.97 Å². The zero-order valence-electron chi connectivity index (χ0n) is 18.3. The number of nitrogens with zero attached hydrogens (tertiary/aromatic N) is 1. The Balaban J connectivity index is 2.12. The van der Waals surface area contributed by atoms with Gasteiger partial charge in [-0.15, -0.1) is 0 Å². The largest absolute Gasteiger partial charge is 0.346 e. The molecule has 2 heteroatoms. The number of aryl methyl sites for hydroxylation is 1. The Hall–Kier alpha value is -3.13. The van der Waals surface area contributed by atoms with Crippen LogP contribution in [0.15, 0.2) is 91.0 Å². The SMILES string of the molecule is Cc1nc(C(c2ccccc2)(c2ccccc2)c2ccccc2)c(CC(C)(C)C)[nH]1. The van der Waals surface area contributed by atoms with Gasteiger partial charge in [0.2, 0.25) is 0 Å². The van der Waals surface area contributed by atoms with E-state index in [1.165, 1.54) is 22.4 Å². The average molecular weight is 395 g/mol. The van der Waals surface area contributed by atoms with Crippen molar-refractivity contribution in [2.24, 2.45) is 5.41 Å². The fourth-order valence-corrected chi connectivity index (χ4v) is 4.48. The molecule has 0 aliphatic heterocycles. The molecule has 4 rings (SSSR count). The smallest absolute Gasteiger partial charge is 0.103 e. The Kier molecular flexibility index (Phi) is 5.34. The van der Waals surface area contributed by atoms with Gasteiger partial charge in [0.15, 0.2) is 0 Å². The lowest BCUT2D eigenvalue weighted by Gasteiger charge is -2.36. The standard InChI is InChI=1S/C28H30N2/c1-21-29-25(20-27(2,3)4)26(30-21)28(22-14-8-5-9-15-22,23-16-10-6-11-17-23)24-18-12-7-13-19-24/h5-19H,20H2,1-4H3,(H,29,30). The van der Waals surface area contributed by atoms with Crippen molar-refractivity contribution in [3.8, 4) is 0 Å². The zero-order chi connectivity index (χ0) is 21.2. The minimum absolute atomic E-state index is 0.142. The van der Waals surface area contributed by atoms with E-state index >= 15 is 0 Å². The van der Waals surface area contributed by atoms with Crippen molar-refractivity contribution in [3.05, 3.63) is 125 Å². The predicted octanol–water partition coefficient (Wildman–Crippen LogP) is 6.69. The number of aromatic amines is 1. The van der Waals surface area contributed by atoms with Crippen LogP contribution >= 0.6 is 0 Å². The molecule has 0 fully saturated rings. The summed E-state index contributed by atoms with van der Waals surface area (Å²) in [4.78, 5) is 8.75.